The summed E-state index contributed by atoms with van der Waals surface area (Å²) in [6, 6.07) is 0. The van der Waals surface area contributed by atoms with Crippen LogP contribution in [0, 0.1) is 10.8 Å². The third kappa shape index (κ3) is 12.8. The van der Waals surface area contributed by atoms with Crippen molar-refractivity contribution in [3.05, 3.63) is 0 Å². The summed E-state index contributed by atoms with van der Waals surface area (Å²) < 4.78 is 5.25. The molecule has 26 heavy (non-hydrogen) atoms. The summed E-state index contributed by atoms with van der Waals surface area (Å²) in [7, 11) is 0. The fourth-order valence-electron chi connectivity index (χ4n) is 2.10. The normalized spacial score (nSPS) is 16.5. The number of amides is 1. The van der Waals surface area contributed by atoms with Gasteiger partial charge in [-0.2, -0.15) is 0 Å². The number of hydrogen-bond acceptors (Lipinski definition) is 5. The fraction of sp³-hybridized carbons (Fsp3) is 0.812. The Labute approximate surface area is 186 Å². The first-order valence-electron chi connectivity index (χ1n) is 7.89. The molecule has 0 aliphatic carbocycles. The van der Waals surface area contributed by atoms with Gasteiger partial charge in [0.15, 0.2) is 0 Å². The third-order valence-electron chi connectivity index (χ3n) is 3.36. The first-order valence-corrected chi connectivity index (χ1v) is 7.89. The average Bonchev–Trinajstić information content (AvgIpc) is 2.54. The Morgan fingerprint density at radius 1 is 0.923 bits per heavy atom. The van der Waals surface area contributed by atoms with Crippen molar-refractivity contribution >= 4 is 18.8 Å². The molecular weight excluding hydrogens is 676 g/mol. The van der Waals surface area contributed by atoms with Crippen LogP contribution >= 0.6 is 0 Å². The van der Waals surface area contributed by atoms with E-state index in [9.17, 15) is 4.79 Å². The molecule has 0 aromatic rings. The minimum atomic E-state index is -0.443. The van der Waals surface area contributed by atoms with E-state index in [1.165, 1.54) is 0 Å². The number of nitrogens with one attached hydrogen (secondary N) is 3. The summed E-state index contributed by atoms with van der Waals surface area (Å²) in [4.78, 5) is 16.9. The van der Waals surface area contributed by atoms with Crippen molar-refractivity contribution in [1.82, 2.24) is 20.0 Å². The number of rotatable bonds is 2. The van der Waals surface area contributed by atoms with Gasteiger partial charge in [0.05, 0.1) is 0 Å². The number of carbonyl (C=O) groups excluding carboxylic acids is 1. The standard InChI is InChI=1S/C10H18N3O2.C5H10N3.CH4.2W/c1-10(2,3)15-9(14)13-6-4-12(8-11)5-7-13;6-5-8-3-1-7-2-4-8;;;/h11H,4-7H2,1-3H3;6-7H,1-4H2;1H4;;/q2*-1;;;. The minimum Gasteiger partial charge on any atom is -0.536 e. The summed E-state index contributed by atoms with van der Waals surface area (Å²) in [6.45, 7) is 11.9. The summed E-state index contributed by atoms with van der Waals surface area (Å²) in [6.07, 6.45) is 4.39. The molecule has 0 aromatic carbocycles. The Kier molecular flexibility index (Phi) is 18.2. The average molecular weight is 708 g/mol. The summed E-state index contributed by atoms with van der Waals surface area (Å²) >= 11 is 0. The zero-order chi connectivity index (χ0) is 17.3. The molecule has 0 bridgehead atoms. The predicted molar refractivity (Wildman–Crippen MR) is 96.0 cm³/mol. The Hall–Kier alpha value is -0.453. The van der Waals surface area contributed by atoms with Gasteiger partial charge >= 0.3 is 6.09 Å². The quantitative estimate of drug-likeness (QED) is 0.227. The van der Waals surface area contributed by atoms with Gasteiger partial charge in [0.2, 0.25) is 0 Å². The second-order valence-electron chi connectivity index (χ2n) is 6.42. The maximum Gasteiger partial charge on any atom is 0.410 e. The molecule has 2 rings (SSSR count). The number of nitrogens with zero attached hydrogens (tertiary/aromatic N) is 3. The van der Waals surface area contributed by atoms with Crippen molar-refractivity contribution in [1.29, 1.82) is 10.8 Å². The van der Waals surface area contributed by atoms with Crippen LogP contribution in [0.15, 0.2) is 0 Å². The van der Waals surface area contributed by atoms with E-state index in [0.29, 0.717) is 26.2 Å². The van der Waals surface area contributed by atoms with Gasteiger partial charge in [-0.15, -0.1) is 0 Å². The number of carbonyl (C=O) groups is 1. The predicted octanol–water partition coefficient (Wildman–Crippen LogP) is 1.03. The van der Waals surface area contributed by atoms with Crippen molar-refractivity contribution < 1.29 is 51.7 Å². The Morgan fingerprint density at radius 2 is 1.35 bits per heavy atom. The van der Waals surface area contributed by atoms with Crippen LogP contribution in [0.25, 0.3) is 0 Å². The molecule has 2 fully saturated rings. The van der Waals surface area contributed by atoms with Crippen molar-refractivity contribution in [3.8, 4) is 0 Å². The van der Waals surface area contributed by atoms with Gasteiger partial charge in [-0.05, 0) is 33.9 Å². The van der Waals surface area contributed by atoms with Gasteiger partial charge in [0.25, 0.3) is 0 Å². The van der Waals surface area contributed by atoms with Gasteiger partial charge in [0, 0.05) is 81.4 Å². The van der Waals surface area contributed by atoms with E-state index in [1.54, 1.807) is 9.80 Å². The van der Waals surface area contributed by atoms with Crippen molar-refractivity contribution in [3.63, 3.8) is 0 Å². The van der Waals surface area contributed by atoms with Crippen molar-refractivity contribution in [2.24, 2.45) is 0 Å². The van der Waals surface area contributed by atoms with Crippen LogP contribution in [0.1, 0.15) is 28.2 Å². The molecule has 0 unspecified atom stereocenters. The van der Waals surface area contributed by atoms with Crippen molar-refractivity contribution in [2.45, 2.75) is 33.8 Å². The van der Waals surface area contributed by atoms with Crippen LogP contribution in [0.2, 0.25) is 0 Å². The second kappa shape index (κ2) is 15.6. The maximum absolute atomic E-state index is 11.6. The van der Waals surface area contributed by atoms with Crippen molar-refractivity contribution in [2.75, 3.05) is 52.4 Å². The second-order valence-corrected chi connectivity index (χ2v) is 6.42. The first-order chi connectivity index (χ1) is 10.9. The number of hydrogen-bond donors (Lipinski definition) is 3. The molecule has 152 valence electrons. The molecule has 0 aromatic heterocycles. The molecule has 0 saturated carbocycles. The summed E-state index contributed by atoms with van der Waals surface area (Å²) in [5.41, 5.74) is -0.443. The fourth-order valence-corrected chi connectivity index (χ4v) is 2.10. The molecule has 2 aliphatic heterocycles. The Morgan fingerprint density at radius 3 is 1.69 bits per heavy atom. The van der Waals surface area contributed by atoms with E-state index >= 15 is 0 Å². The summed E-state index contributed by atoms with van der Waals surface area (Å²) in [5.74, 6) is 0. The maximum atomic E-state index is 11.6. The van der Waals surface area contributed by atoms with Gasteiger partial charge in [-0.3, -0.25) is 0 Å². The molecule has 10 heteroatoms. The monoisotopic (exact) mass is 708 g/mol. The molecule has 1 amide bonds. The van der Waals surface area contributed by atoms with Crippen LogP contribution in [0.5, 0.6) is 0 Å². The van der Waals surface area contributed by atoms with E-state index in [4.69, 9.17) is 15.6 Å². The van der Waals surface area contributed by atoms with E-state index < -0.39 is 5.60 Å². The van der Waals surface area contributed by atoms with Gasteiger partial charge in [-0.1, -0.05) is 7.43 Å². The van der Waals surface area contributed by atoms with Crippen LogP contribution < -0.4 is 5.32 Å². The number of piperazine rings is 2. The van der Waals surface area contributed by atoms with Gasteiger partial charge < -0.3 is 48.2 Å². The molecule has 8 nitrogen and oxygen atoms in total. The topological polar surface area (TPSA) is 95.8 Å². The Balaban J connectivity index is -0.000000416. The largest absolute Gasteiger partial charge is 0.536 e. The molecule has 0 radical (unpaired) electrons. The molecular formula is C16H32N6O2W2-2. The van der Waals surface area contributed by atoms with Gasteiger partial charge in [-0.25, -0.2) is 4.79 Å². The third-order valence-corrected chi connectivity index (χ3v) is 3.36. The molecule has 2 heterocycles. The Bertz CT molecular complexity index is 393. The number of ether oxygens (including phenoxy) is 1. The molecule has 3 N–H and O–H groups in total. The van der Waals surface area contributed by atoms with E-state index in [2.05, 4.69) is 18.0 Å². The first kappa shape index (κ1) is 30.3. The van der Waals surface area contributed by atoms with Crippen LogP contribution in [-0.4, -0.2) is 91.4 Å². The molecule has 2 saturated heterocycles. The van der Waals surface area contributed by atoms with E-state index in [0.717, 1.165) is 26.2 Å². The van der Waals surface area contributed by atoms with Crippen LogP contribution in [-0.2, 0) is 46.9 Å². The minimum absolute atomic E-state index is 0. The van der Waals surface area contributed by atoms with Crippen LogP contribution in [0.3, 0.4) is 0 Å². The van der Waals surface area contributed by atoms with Gasteiger partial charge in [0.1, 0.15) is 5.60 Å². The molecule has 0 atom stereocenters. The van der Waals surface area contributed by atoms with Crippen LogP contribution in [0.4, 0.5) is 4.79 Å². The molecule has 2 aliphatic rings. The zero-order valence-corrected chi connectivity index (χ0v) is 21.0. The van der Waals surface area contributed by atoms with E-state index in [-0.39, 0.29) is 55.7 Å². The van der Waals surface area contributed by atoms with E-state index in [1.807, 2.05) is 25.7 Å². The molecule has 0 spiro atoms. The summed E-state index contributed by atoms with van der Waals surface area (Å²) in [5, 5.41) is 16.9. The SMILES string of the molecule is C.CC(C)(C)OC(=O)N1CCN([C-]=N)CC1.N=[C-]N1CCNCC1.[W].[W]. The zero-order valence-electron chi connectivity index (χ0n) is 15.1. The smallest absolute Gasteiger partial charge is 0.410 e.